The van der Waals surface area contributed by atoms with E-state index in [1.807, 2.05) is 6.92 Å². The maximum absolute atomic E-state index is 4.67. The van der Waals surface area contributed by atoms with Crippen molar-refractivity contribution in [2.75, 3.05) is 43.9 Å². The second kappa shape index (κ2) is 6.39. The van der Waals surface area contributed by atoms with Crippen molar-refractivity contribution in [1.82, 2.24) is 14.9 Å². The van der Waals surface area contributed by atoms with E-state index in [9.17, 15) is 0 Å². The minimum Gasteiger partial charge on any atom is -0.355 e. The number of nitrogens with one attached hydrogen (secondary N) is 1. The summed E-state index contributed by atoms with van der Waals surface area (Å²) in [6, 6.07) is 2.68. The lowest BCUT2D eigenvalue weighted by Gasteiger charge is -2.22. The standard InChI is InChI=1S/C15H27N5/c1-6-7-16-15-17-12(3)8-14(18-15)20-9-11(2)13(10-20)19(4)5/h8,11,13H,6-7,9-10H2,1-5H3,(H,16,17,18). The van der Waals surface area contributed by atoms with Crippen molar-refractivity contribution in [3.63, 3.8) is 0 Å². The van der Waals surface area contributed by atoms with Crippen LogP contribution in [0.15, 0.2) is 6.07 Å². The van der Waals surface area contributed by atoms with Gasteiger partial charge in [-0.1, -0.05) is 13.8 Å². The van der Waals surface area contributed by atoms with Gasteiger partial charge in [-0.2, -0.15) is 4.98 Å². The van der Waals surface area contributed by atoms with E-state index in [2.05, 4.69) is 59.1 Å². The summed E-state index contributed by atoms with van der Waals surface area (Å²) in [5.74, 6) is 2.46. The Kier molecular flexibility index (Phi) is 4.81. The molecule has 5 heteroatoms. The predicted molar refractivity (Wildman–Crippen MR) is 84.4 cm³/mol. The zero-order valence-electron chi connectivity index (χ0n) is 13.3. The predicted octanol–water partition coefficient (Wildman–Crippen LogP) is 1.99. The van der Waals surface area contributed by atoms with E-state index >= 15 is 0 Å². The fourth-order valence-corrected chi connectivity index (χ4v) is 2.84. The van der Waals surface area contributed by atoms with Gasteiger partial charge in [-0.15, -0.1) is 0 Å². The fourth-order valence-electron chi connectivity index (χ4n) is 2.84. The van der Waals surface area contributed by atoms with E-state index in [4.69, 9.17) is 0 Å². The number of aromatic nitrogens is 2. The van der Waals surface area contributed by atoms with Gasteiger partial charge in [-0.3, -0.25) is 0 Å². The van der Waals surface area contributed by atoms with E-state index in [1.165, 1.54) is 0 Å². The SMILES string of the molecule is CCCNc1nc(C)cc(N2CC(C)C(N(C)C)C2)n1. The molecule has 1 aromatic heterocycles. The minimum atomic E-state index is 0.595. The highest BCUT2D eigenvalue weighted by Gasteiger charge is 2.31. The normalized spacial score (nSPS) is 22.6. The van der Waals surface area contributed by atoms with E-state index in [-0.39, 0.29) is 0 Å². The molecular formula is C15H27N5. The average Bonchev–Trinajstić information content (AvgIpc) is 2.78. The first-order valence-electron chi connectivity index (χ1n) is 7.52. The molecule has 2 unspecified atom stereocenters. The molecule has 1 aromatic rings. The Balaban J connectivity index is 2.14. The van der Waals surface area contributed by atoms with E-state index in [0.717, 1.165) is 43.5 Å². The zero-order valence-corrected chi connectivity index (χ0v) is 13.3. The van der Waals surface area contributed by atoms with Crippen LogP contribution < -0.4 is 10.2 Å². The molecule has 0 saturated carbocycles. The summed E-state index contributed by atoms with van der Waals surface area (Å²) < 4.78 is 0. The van der Waals surface area contributed by atoms with Gasteiger partial charge in [-0.05, 0) is 33.4 Å². The van der Waals surface area contributed by atoms with Crippen LogP contribution in [-0.2, 0) is 0 Å². The summed E-state index contributed by atoms with van der Waals surface area (Å²) in [4.78, 5) is 13.8. The van der Waals surface area contributed by atoms with Gasteiger partial charge in [0.25, 0.3) is 0 Å². The first-order chi connectivity index (χ1) is 9.51. The van der Waals surface area contributed by atoms with Crippen molar-refractivity contribution in [3.8, 4) is 0 Å². The molecule has 0 aliphatic carbocycles. The smallest absolute Gasteiger partial charge is 0.224 e. The van der Waals surface area contributed by atoms with Gasteiger partial charge in [0.15, 0.2) is 0 Å². The van der Waals surface area contributed by atoms with Gasteiger partial charge < -0.3 is 15.1 Å². The molecule has 0 spiro atoms. The molecule has 0 radical (unpaired) electrons. The molecule has 112 valence electrons. The summed E-state index contributed by atoms with van der Waals surface area (Å²) >= 11 is 0. The Morgan fingerprint density at radius 3 is 2.70 bits per heavy atom. The van der Waals surface area contributed by atoms with Crippen LogP contribution in [0.5, 0.6) is 0 Å². The minimum absolute atomic E-state index is 0.595. The maximum atomic E-state index is 4.67. The van der Waals surface area contributed by atoms with Crippen LogP contribution >= 0.6 is 0 Å². The molecule has 20 heavy (non-hydrogen) atoms. The van der Waals surface area contributed by atoms with Crippen LogP contribution in [0.3, 0.4) is 0 Å². The number of aryl methyl sites for hydroxylation is 1. The Labute approximate surface area is 122 Å². The molecule has 2 atom stereocenters. The van der Waals surface area contributed by atoms with Gasteiger partial charge in [0.05, 0.1) is 0 Å². The summed E-state index contributed by atoms with van der Waals surface area (Å²) in [5, 5.41) is 3.28. The highest BCUT2D eigenvalue weighted by Crippen LogP contribution is 2.25. The maximum Gasteiger partial charge on any atom is 0.224 e. The highest BCUT2D eigenvalue weighted by molar-refractivity contribution is 5.46. The van der Waals surface area contributed by atoms with Crippen LogP contribution in [0.25, 0.3) is 0 Å². The molecular weight excluding hydrogens is 250 g/mol. The van der Waals surface area contributed by atoms with E-state index in [1.54, 1.807) is 0 Å². The van der Waals surface area contributed by atoms with Gasteiger partial charge in [0.1, 0.15) is 5.82 Å². The van der Waals surface area contributed by atoms with Gasteiger partial charge in [-0.25, -0.2) is 4.98 Å². The van der Waals surface area contributed by atoms with Gasteiger partial charge in [0.2, 0.25) is 5.95 Å². The lowest BCUT2D eigenvalue weighted by atomic mass is 10.1. The van der Waals surface area contributed by atoms with Crippen molar-refractivity contribution in [2.24, 2.45) is 5.92 Å². The topological polar surface area (TPSA) is 44.3 Å². The second-order valence-corrected chi connectivity index (χ2v) is 6.03. The molecule has 1 saturated heterocycles. The number of rotatable bonds is 5. The number of anilines is 2. The molecule has 1 fully saturated rings. The Hall–Kier alpha value is -1.36. The number of hydrogen-bond acceptors (Lipinski definition) is 5. The first-order valence-corrected chi connectivity index (χ1v) is 7.52. The van der Waals surface area contributed by atoms with Crippen molar-refractivity contribution < 1.29 is 0 Å². The Morgan fingerprint density at radius 1 is 1.35 bits per heavy atom. The largest absolute Gasteiger partial charge is 0.355 e. The summed E-state index contributed by atoms with van der Waals surface area (Å²) in [5.41, 5.74) is 1.02. The summed E-state index contributed by atoms with van der Waals surface area (Å²) in [7, 11) is 4.31. The molecule has 1 N–H and O–H groups in total. The van der Waals surface area contributed by atoms with Crippen LogP contribution in [0, 0.1) is 12.8 Å². The zero-order chi connectivity index (χ0) is 14.7. The highest BCUT2D eigenvalue weighted by atomic mass is 15.3. The quantitative estimate of drug-likeness (QED) is 0.892. The van der Waals surface area contributed by atoms with Crippen LogP contribution in [0.2, 0.25) is 0 Å². The van der Waals surface area contributed by atoms with Gasteiger partial charge in [0, 0.05) is 37.4 Å². The molecule has 0 aromatic carbocycles. The Morgan fingerprint density at radius 2 is 2.10 bits per heavy atom. The van der Waals surface area contributed by atoms with E-state index < -0.39 is 0 Å². The van der Waals surface area contributed by atoms with Crippen LogP contribution in [-0.4, -0.2) is 54.6 Å². The molecule has 5 nitrogen and oxygen atoms in total. The van der Waals surface area contributed by atoms with Crippen molar-refractivity contribution in [2.45, 2.75) is 33.2 Å². The molecule has 0 bridgehead atoms. The van der Waals surface area contributed by atoms with Crippen molar-refractivity contribution >= 4 is 11.8 Å². The van der Waals surface area contributed by atoms with Gasteiger partial charge >= 0.3 is 0 Å². The molecule has 1 aliphatic heterocycles. The number of likely N-dealkylation sites (N-methyl/N-ethyl adjacent to an activating group) is 1. The molecule has 1 aliphatic rings. The third-order valence-electron chi connectivity index (χ3n) is 3.93. The monoisotopic (exact) mass is 277 g/mol. The fraction of sp³-hybridized carbons (Fsp3) is 0.733. The Bertz CT molecular complexity index is 446. The molecule has 0 amide bonds. The summed E-state index contributed by atoms with van der Waals surface area (Å²) in [6.07, 6.45) is 1.08. The summed E-state index contributed by atoms with van der Waals surface area (Å²) in [6.45, 7) is 9.51. The lowest BCUT2D eigenvalue weighted by molar-refractivity contribution is 0.266. The third-order valence-corrected chi connectivity index (χ3v) is 3.93. The third kappa shape index (κ3) is 3.39. The van der Waals surface area contributed by atoms with E-state index in [0.29, 0.717) is 12.0 Å². The first kappa shape index (κ1) is 15.0. The second-order valence-electron chi connectivity index (χ2n) is 6.03. The van der Waals surface area contributed by atoms with Crippen molar-refractivity contribution in [1.29, 1.82) is 0 Å². The molecule has 2 heterocycles. The average molecular weight is 277 g/mol. The van der Waals surface area contributed by atoms with Crippen LogP contribution in [0.1, 0.15) is 26.0 Å². The van der Waals surface area contributed by atoms with Crippen molar-refractivity contribution in [3.05, 3.63) is 11.8 Å². The number of hydrogen-bond donors (Lipinski definition) is 1. The lowest BCUT2D eigenvalue weighted by Crippen LogP contribution is -2.34. The van der Waals surface area contributed by atoms with Crippen LogP contribution in [0.4, 0.5) is 11.8 Å². The molecule has 2 rings (SSSR count). The number of nitrogens with zero attached hydrogens (tertiary/aromatic N) is 4.